The van der Waals surface area contributed by atoms with Gasteiger partial charge < -0.3 is 5.32 Å². The number of benzene rings is 2. The Morgan fingerprint density at radius 2 is 1.90 bits per heavy atom. The van der Waals surface area contributed by atoms with E-state index in [1.54, 1.807) is 6.07 Å². The van der Waals surface area contributed by atoms with E-state index in [9.17, 15) is 4.39 Å². The van der Waals surface area contributed by atoms with Gasteiger partial charge in [0.15, 0.2) is 0 Å². The molecule has 0 radical (unpaired) electrons. The zero-order valence-corrected chi connectivity index (χ0v) is 13.9. The van der Waals surface area contributed by atoms with Crippen LogP contribution in [0, 0.1) is 5.82 Å². The van der Waals surface area contributed by atoms with Gasteiger partial charge in [0, 0.05) is 15.5 Å². The first kappa shape index (κ1) is 15.8. The molecule has 0 aliphatic heterocycles. The van der Waals surface area contributed by atoms with Gasteiger partial charge in [-0.25, -0.2) is 4.39 Å². The van der Waals surface area contributed by atoms with Crippen molar-refractivity contribution in [3.63, 3.8) is 0 Å². The summed E-state index contributed by atoms with van der Waals surface area (Å²) < 4.78 is 13.9. The van der Waals surface area contributed by atoms with Gasteiger partial charge in [-0.1, -0.05) is 35.3 Å². The molecule has 0 bridgehead atoms. The van der Waals surface area contributed by atoms with Crippen LogP contribution in [0.15, 0.2) is 40.9 Å². The van der Waals surface area contributed by atoms with E-state index in [0.29, 0.717) is 16.5 Å². The molecule has 1 atom stereocenters. The zero-order chi connectivity index (χ0) is 14.7. The van der Waals surface area contributed by atoms with Crippen LogP contribution in [0.5, 0.6) is 0 Å². The molecule has 1 nitrogen and oxygen atoms in total. The maximum Gasteiger partial charge on any atom is 0.124 e. The molecule has 20 heavy (non-hydrogen) atoms. The lowest BCUT2D eigenvalue weighted by molar-refractivity contribution is 0.589. The van der Waals surface area contributed by atoms with Gasteiger partial charge in [0.1, 0.15) is 5.82 Å². The molecule has 0 aliphatic rings. The Kier molecular flexibility index (Phi) is 5.44. The Morgan fingerprint density at radius 3 is 2.50 bits per heavy atom. The first-order valence-electron chi connectivity index (χ1n) is 6.07. The summed E-state index contributed by atoms with van der Waals surface area (Å²) >= 11 is 15.6. The first-order chi connectivity index (χ1) is 9.51. The van der Waals surface area contributed by atoms with E-state index in [0.717, 1.165) is 15.6 Å². The molecule has 0 spiro atoms. The highest BCUT2D eigenvalue weighted by atomic mass is 79.9. The van der Waals surface area contributed by atoms with Crippen molar-refractivity contribution in [2.24, 2.45) is 0 Å². The zero-order valence-electron chi connectivity index (χ0n) is 10.8. The maximum atomic E-state index is 13.1. The second-order valence-corrected chi connectivity index (χ2v) is 6.12. The molecule has 0 aliphatic carbocycles. The molecule has 106 valence electrons. The van der Waals surface area contributed by atoms with Gasteiger partial charge in [-0.2, -0.15) is 0 Å². The number of hydrogen-bond donors (Lipinski definition) is 1. The van der Waals surface area contributed by atoms with Crippen molar-refractivity contribution in [3.05, 3.63) is 67.9 Å². The summed E-state index contributed by atoms with van der Waals surface area (Å²) in [5.74, 6) is -0.327. The third-order valence-corrected chi connectivity index (χ3v) is 4.72. The summed E-state index contributed by atoms with van der Waals surface area (Å²) in [5.41, 5.74) is 1.95. The maximum absolute atomic E-state index is 13.1. The number of hydrogen-bond acceptors (Lipinski definition) is 1. The van der Waals surface area contributed by atoms with E-state index in [4.69, 9.17) is 23.2 Å². The van der Waals surface area contributed by atoms with Crippen molar-refractivity contribution in [2.45, 2.75) is 12.5 Å². The molecule has 5 heteroatoms. The molecule has 0 saturated heterocycles. The third kappa shape index (κ3) is 3.73. The van der Waals surface area contributed by atoms with Crippen molar-refractivity contribution in [1.29, 1.82) is 0 Å². The van der Waals surface area contributed by atoms with Crippen molar-refractivity contribution in [1.82, 2.24) is 5.32 Å². The van der Waals surface area contributed by atoms with Crippen molar-refractivity contribution in [2.75, 3.05) is 7.05 Å². The van der Waals surface area contributed by atoms with Crippen LogP contribution >= 0.6 is 39.1 Å². The largest absolute Gasteiger partial charge is 0.313 e. The minimum absolute atomic E-state index is 0.0589. The SMILES string of the molecule is CNC(Cc1ccc(F)cc1Cl)c1ccc(Br)c(Cl)c1. The molecular weight excluding hydrogens is 364 g/mol. The Labute approximate surface area is 136 Å². The molecule has 0 fully saturated rings. The number of rotatable bonds is 4. The van der Waals surface area contributed by atoms with Gasteiger partial charge in [0.25, 0.3) is 0 Å². The fourth-order valence-corrected chi connectivity index (χ4v) is 2.70. The van der Waals surface area contributed by atoms with Crippen molar-refractivity contribution in [3.8, 4) is 0 Å². The topological polar surface area (TPSA) is 12.0 Å². The standard InChI is InChI=1S/C15H13BrCl2FN/c1-20-15(10-3-5-12(16)14(18)6-10)7-9-2-4-11(19)8-13(9)17/h2-6,8,15,20H,7H2,1H3. The summed E-state index contributed by atoms with van der Waals surface area (Å²) in [6.07, 6.45) is 0.660. The van der Waals surface area contributed by atoms with E-state index in [1.807, 2.05) is 25.2 Å². The Balaban J connectivity index is 2.26. The molecule has 2 aromatic rings. The van der Waals surface area contributed by atoms with Crippen LogP contribution in [-0.2, 0) is 6.42 Å². The first-order valence-corrected chi connectivity index (χ1v) is 7.62. The quantitative estimate of drug-likeness (QED) is 0.753. The molecule has 0 aromatic heterocycles. The lowest BCUT2D eigenvalue weighted by Gasteiger charge is -2.18. The summed E-state index contributed by atoms with van der Waals surface area (Å²) in [5, 5.41) is 4.33. The molecule has 1 unspecified atom stereocenters. The van der Waals surface area contributed by atoms with Crippen molar-refractivity contribution < 1.29 is 4.39 Å². The molecule has 2 rings (SSSR count). The molecular formula is C15H13BrCl2FN. The van der Waals surface area contributed by atoms with Crippen LogP contribution in [0.2, 0.25) is 10.0 Å². The van der Waals surface area contributed by atoms with Crippen LogP contribution < -0.4 is 5.32 Å². The Morgan fingerprint density at radius 1 is 1.15 bits per heavy atom. The van der Waals surface area contributed by atoms with Crippen LogP contribution in [-0.4, -0.2) is 7.05 Å². The van der Waals surface area contributed by atoms with Gasteiger partial charge in [0.2, 0.25) is 0 Å². The average molecular weight is 377 g/mol. The minimum atomic E-state index is -0.327. The van der Waals surface area contributed by atoms with Gasteiger partial charge in [-0.05, 0) is 64.8 Å². The van der Waals surface area contributed by atoms with Crippen LogP contribution in [0.4, 0.5) is 4.39 Å². The summed E-state index contributed by atoms with van der Waals surface area (Å²) in [7, 11) is 1.87. The molecule has 0 heterocycles. The van der Waals surface area contributed by atoms with Crippen molar-refractivity contribution >= 4 is 39.1 Å². The highest BCUT2D eigenvalue weighted by molar-refractivity contribution is 9.10. The highest BCUT2D eigenvalue weighted by Gasteiger charge is 2.13. The van der Waals surface area contributed by atoms with Gasteiger partial charge in [-0.3, -0.25) is 0 Å². The van der Waals surface area contributed by atoms with E-state index in [2.05, 4.69) is 21.2 Å². The van der Waals surface area contributed by atoms with E-state index in [1.165, 1.54) is 12.1 Å². The second kappa shape index (κ2) is 6.90. The van der Waals surface area contributed by atoms with Crippen LogP contribution in [0.3, 0.4) is 0 Å². The molecule has 0 amide bonds. The minimum Gasteiger partial charge on any atom is -0.313 e. The normalized spacial score (nSPS) is 12.4. The van der Waals surface area contributed by atoms with E-state index >= 15 is 0 Å². The van der Waals surface area contributed by atoms with Crippen LogP contribution in [0.25, 0.3) is 0 Å². The molecule has 0 saturated carbocycles. The number of halogens is 4. The average Bonchev–Trinajstić information content (AvgIpc) is 2.41. The third-order valence-electron chi connectivity index (χ3n) is 3.13. The highest BCUT2D eigenvalue weighted by Crippen LogP contribution is 2.29. The fourth-order valence-electron chi connectivity index (χ4n) is 2.02. The lowest BCUT2D eigenvalue weighted by Crippen LogP contribution is -2.19. The fraction of sp³-hybridized carbons (Fsp3) is 0.200. The lowest BCUT2D eigenvalue weighted by atomic mass is 9.99. The Bertz CT molecular complexity index is 619. The Hall–Kier alpha value is -0.610. The number of nitrogens with one attached hydrogen (secondary N) is 1. The van der Waals surface area contributed by atoms with E-state index < -0.39 is 0 Å². The smallest absolute Gasteiger partial charge is 0.124 e. The number of likely N-dealkylation sites (N-methyl/N-ethyl adjacent to an activating group) is 1. The summed E-state index contributed by atoms with van der Waals surface area (Å²) in [6.45, 7) is 0. The monoisotopic (exact) mass is 375 g/mol. The summed E-state index contributed by atoms with van der Waals surface area (Å²) in [4.78, 5) is 0. The summed E-state index contributed by atoms with van der Waals surface area (Å²) in [6, 6.07) is 10.3. The van der Waals surface area contributed by atoms with Gasteiger partial charge in [-0.15, -0.1) is 0 Å². The van der Waals surface area contributed by atoms with Gasteiger partial charge in [0.05, 0.1) is 5.02 Å². The predicted octanol–water partition coefficient (Wildman–Crippen LogP) is 5.40. The predicted molar refractivity (Wildman–Crippen MR) is 86.1 cm³/mol. The van der Waals surface area contributed by atoms with E-state index in [-0.39, 0.29) is 11.9 Å². The van der Waals surface area contributed by atoms with Crippen LogP contribution in [0.1, 0.15) is 17.2 Å². The van der Waals surface area contributed by atoms with Gasteiger partial charge >= 0.3 is 0 Å². The molecule has 2 aromatic carbocycles. The second-order valence-electron chi connectivity index (χ2n) is 4.45. The molecule has 1 N–H and O–H groups in total.